The van der Waals surface area contributed by atoms with Gasteiger partial charge in [-0.15, -0.1) is 12.4 Å². The van der Waals surface area contributed by atoms with E-state index in [0.717, 1.165) is 0 Å². The molecule has 0 unspecified atom stereocenters. The molecule has 0 heterocycles. The molecule has 0 bridgehead atoms. The summed E-state index contributed by atoms with van der Waals surface area (Å²) in [6.45, 7) is 0. The molecular formula is H21ClK3MgO10P. The van der Waals surface area contributed by atoms with Gasteiger partial charge in [-0.1, -0.05) is 0 Å². The van der Waals surface area contributed by atoms with E-state index in [1.165, 1.54) is 0 Å². The fraction of sp³-hybridized carbons (Fsp3) is 0. The largest absolute Gasteiger partial charge is 2.00 e. The molecule has 0 spiro atoms. The maximum absolute atomic E-state index is 8.88. The summed E-state index contributed by atoms with van der Waals surface area (Å²) in [4.78, 5) is 21.6. The van der Waals surface area contributed by atoms with Crippen LogP contribution in [0.15, 0.2) is 0 Å². The first kappa shape index (κ1) is 98.0. The molecule has 0 aliphatic rings. The van der Waals surface area contributed by atoms with E-state index >= 15 is 0 Å². The molecule has 16 heavy (non-hydrogen) atoms. The summed E-state index contributed by atoms with van der Waals surface area (Å²) < 4.78 is 8.88. The minimum atomic E-state index is -4.64. The molecule has 16 heteroatoms. The quantitative estimate of drug-likeness (QED) is 0.269. The zero-order valence-electron chi connectivity index (χ0n) is 14.3. The molecule has 0 rings (SSSR count). The van der Waals surface area contributed by atoms with E-state index in [9.17, 15) is 0 Å². The van der Waals surface area contributed by atoms with Crippen LogP contribution in [0.3, 0.4) is 0 Å². The van der Waals surface area contributed by atoms with E-state index < -0.39 is 7.82 Å². The molecule has 10 nitrogen and oxygen atoms in total. The van der Waals surface area contributed by atoms with Crippen molar-refractivity contribution in [3.8, 4) is 0 Å². The molecule has 0 saturated carbocycles. The fourth-order valence-electron chi connectivity index (χ4n) is 0. The second-order valence-corrected chi connectivity index (χ2v) is 1.54. The number of phosphoric acid groups is 1. The van der Waals surface area contributed by atoms with Crippen molar-refractivity contribution >= 4 is 43.3 Å². The third-order valence-electron chi connectivity index (χ3n) is 0. The smallest absolute Gasteiger partial charge is 1.00 e. The standard InChI is InChI=1S/ClH.3K.Mg.H3O4P.6H2O.5H/c;;;;;1-5(2,3)4;;;;;;;;;;;/h1H;;;;;(H3,1,2,3,4);6*1H2;;;;;/q;3*+1;+2;;;;;;;;5*-1. The zero-order chi connectivity index (χ0) is 4.50. The van der Waals surface area contributed by atoms with Gasteiger partial charge >= 0.3 is 185 Å². The molecule has 15 N–H and O–H groups in total. The van der Waals surface area contributed by atoms with Crippen LogP contribution in [0, 0.1) is 0 Å². The van der Waals surface area contributed by atoms with Crippen LogP contribution in [-0.2, 0) is 4.57 Å². The third-order valence-corrected chi connectivity index (χ3v) is 0. The second kappa shape index (κ2) is 58.5. The Morgan fingerprint density at radius 3 is 0.688 bits per heavy atom. The minimum Gasteiger partial charge on any atom is -1.00 e. The molecular weight excluding hydrogens is 368 g/mol. The van der Waals surface area contributed by atoms with Gasteiger partial charge in [0.25, 0.3) is 0 Å². The van der Waals surface area contributed by atoms with Crippen LogP contribution in [0.2, 0.25) is 0 Å². The Hall–Kier alpha value is 5.84. The van der Waals surface area contributed by atoms with Gasteiger partial charge in [0.15, 0.2) is 0 Å². The molecule has 0 aliphatic carbocycles. The predicted octanol–water partition coefficient (Wildman–Crippen LogP) is -14.3. The summed E-state index contributed by atoms with van der Waals surface area (Å²) in [5, 5.41) is 0. The van der Waals surface area contributed by atoms with E-state index in [2.05, 4.69) is 0 Å². The summed E-state index contributed by atoms with van der Waals surface area (Å²) in [6, 6.07) is 0. The first-order valence-corrected chi connectivity index (χ1v) is 2.35. The van der Waals surface area contributed by atoms with Crippen molar-refractivity contribution in [3.63, 3.8) is 0 Å². The number of halogens is 1. The number of hydrogen-bond acceptors (Lipinski definition) is 1. The summed E-state index contributed by atoms with van der Waals surface area (Å²) in [5.74, 6) is 0. The monoisotopic (exact) mass is 388 g/mol. The van der Waals surface area contributed by atoms with Crippen molar-refractivity contribution in [2.24, 2.45) is 0 Å². The van der Waals surface area contributed by atoms with Gasteiger partial charge in [-0.25, -0.2) is 4.57 Å². The summed E-state index contributed by atoms with van der Waals surface area (Å²) >= 11 is 0. The van der Waals surface area contributed by atoms with Crippen LogP contribution in [0.1, 0.15) is 7.13 Å². The van der Waals surface area contributed by atoms with Crippen LogP contribution in [-0.4, -0.2) is 70.6 Å². The maximum atomic E-state index is 8.88. The van der Waals surface area contributed by atoms with Crippen molar-refractivity contribution in [2.45, 2.75) is 0 Å². The molecule has 98 valence electrons. The Morgan fingerprint density at radius 1 is 0.688 bits per heavy atom. The predicted molar refractivity (Wildman–Crippen MR) is 54.5 cm³/mol. The summed E-state index contributed by atoms with van der Waals surface area (Å²) in [7, 11) is -4.64. The van der Waals surface area contributed by atoms with Crippen molar-refractivity contribution in [2.75, 3.05) is 0 Å². The van der Waals surface area contributed by atoms with Crippen molar-refractivity contribution < 1.29 is 213 Å². The van der Waals surface area contributed by atoms with Gasteiger partial charge in [-0.2, -0.15) is 0 Å². The molecule has 0 fully saturated rings. The molecule has 0 atom stereocenters. The normalized spacial score (nSPS) is 3.69. The molecule has 0 radical (unpaired) electrons. The molecule has 0 aliphatic heterocycles. The molecule has 0 aromatic heterocycles. The van der Waals surface area contributed by atoms with Crippen LogP contribution in [0.5, 0.6) is 0 Å². The van der Waals surface area contributed by atoms with Gasteiger partial charge < -0.3 is 54.7 Å². The van der Waals surface area contributed by atoms with Crippen LogP contribution in [0.25, 0.3) is 0 Å². The summed E-state index contributed by atoms with van der Waals surface area (Å²) in [6.07, 6.45) is 0. The van der Waals surface area contributed by atoms with Gasteiger partial charge in [0.1, 0.15) is 0 Å². The van der Waals surface area contributed by atoms with E-state index in [4.69, 9.17) is 19.2 Å². The van der Waals surface area contributed by atoms with Gasteiger partial charge in [0, 0.05) is 0 Å². The topological polar surface area (TPSA) is 267 Å². The number of hydrogen-bond donors (Lipinski definition) is 3. The molecule has 0 aromatic rings. The Bertz CT molecular complexity index is 88.8. The Morgan fingerprint density at radius 2 is 0.688 bits per heavy atom. The van der Waals surface area contributed by atoms with Gasteiger partial charge in [0.05, 0.1) is 0 Å². The van der Waals surface area contributed by atoms with Crippen molar-refractivity contribution in [1.29, 1.82) is 0 Å². The second-order valence-electron chi connectivity index (χ2n) is 0.513. The van der Waals surface area contributed by atoms with E-state index in [0.29, 0.717) is 0 Å². The first-order chi connectivity index (χ1) is 2.00. The van der Waals surface area contributed by atoms with Gasteiger partial charge in [0.2, 0.25) is 0 Å². The van der Waals surface area contributed by atoms with Crippen LogP contribution in [0.4, 0.5) is 0 Å². The minimum absolute atomic E-state index is 0. The third kappa shape index (κ3) is 207. The Balaban J connectivity index is -0.000000000667. The average molecular weight is 389 g/mol. The zero-order valence-corrected chi connectivity index (χ0v) is 21.8. The molecule has 0 saturated heterocycles. The summed E-state index contributed by atoms with van der Waals surface area (Å²) in [5.41, 5.74) is 0. The SMILES string of the molecule is Cl.O.O.O.O.O.O.O=P(O)(O)O.[H-].[H-].[H-].[H-].[H-].[K+].[K+].[K+].[Mg+2]. The van der Waals surface area contributed by atoms with E-state index in [-0.39, 0.29) is 230 Å². The Labute approximate surface area is 250 Å². The van der Waals surface area contributed by atoms with E-state index in [1.807, 2.05) is 0 Å². The van der Waals surface area contributed by atoms with Crippen LogP contribution >= 0.6 is 20.2 Å². The Kier molecular flexibility index (Phi) is 358. The molecule has 0 amide bonds. The fourth-order valence-corrected chi connectivity index (χ4v) is 0. The number of rotatable bonds is 0. The maximum Gasteiger partial charge on any atom is 2.00 e. The van der Waals surface area contributed by atoms with Gasteiger partial charge in [-0.05, 0) is 0 Å². The first-order valence-electron chi connectivity index (χ1n) is 0.783. The van der Waals surface area contributed by atoms with Gasteiger partial charge in [-0.3, -0.25) is 0 Å². The van der Waals surface area contributed by atoms with E-state index in [1.54, 1.807) is 0 Å². The average Bonchev–Trinajstić information content (AvgIpc) is 0.722. The van der Waals surface area contributed by atoms with Crippen molar-refractivity contribution in [1.82, 2.24) is 0 Å². The molecule has 0 aromatic carbocycles. The van der Waals surface area contributed by atoms with Crippen molar-refractivity contribution in [3.05, 3.63) is 0 Å². The van der Waals surface area contributed by atoms with Crippen LogP contribution < -0.4 is 154 Å².